The minimum atomic E-state index is 0.0901. The van der Waals surface area contributed by atoms with E-state index in [9.17, 15) is 4.79 Å². The van der Waals surface area contributed by atoms with E-state index in [2.05, 4.69) is 63.0 Å². The van der Waals surface area contributed by atoms with Crippen molar-refractivity contribution in [3.63, 3.8) is 0 Å². The predicted octanol–water partition coefficient (Wildman–Crippen LogP) is 5.67. The Bertz CT molecular complexity index is 1270. The second kappa shape index (κ2) is 11.4. The summed E-state index contributed by atoms with van der Waals surface area (Å²) in [5.74, 6) is 2.46. The molecule has 0 aliphatic heterocycles. The molecule has 2 heterocycles. The number of aryl methyl sites for hydroxylation is 1. The molecule has 8 nitrogen and oxygen atoms in total. The SMILES string of the molecule is CCCCn1nc(C(=O)CC2CCCCC2)nc1Cc1ccc(-c2ccccc2-c2nnn[nH]2)cc1. The van der Waals surface area contributed by atoms with Crippen LogP contribution in [0.3, 0.4) is 0 Å². The number of rotatable bonds is 10. The third-order valence-electron chi connectivity index (χ3n) is 7.07. The first-order valence-corrected chi connectivity index (χ1v) is 13.1. The molecule has 1 aliphatic carbocycles. The lowest BCUT2D eigenvalue weighted by atomic mass is 9.86. The number of carbonyl (C=O) groups is 1. The van der Waals surface area contributed by atoms with Crippen LogP contribution in [0, 0.1) is 5.92 Å². The van der Waals surface area contributed by atoms with Crippen molar-refractivity contribution in [1.29, 1.82) is 0 Å². The van der Waals surface area contributed by atoms with Gasteiger partial charge < -0.3 is 0 Å². The van der Waals surface area contributed by atoms with Crippen LogP contribution in [0.1, 0.15) is 80.3 Å². The molecular formula is C28H33N7O. The van der Waals surface area contributed by atoms with Crippen LogP contribution in [-0.4, -0.2) is 41.2 Å². The van der Waals surface area contributed by atoms with E-state index < -0.39 is 0 Å². The third-order valence-corrected chi connectivity index (χ3v) is 7.07. The number of nitrogens with zero attached hydrogens (tertiary/aromatic N) is 6. The van der Waals surface area contributed by atoms with Gasteiger partial charge >= 0.3 is 0 Å². The molecule has 0 radical (unpaired) electrons. The lowest BCUT2D eigenvalue weighted by Crippen LogP contribution is -2.13. The molecule has 1 aliphatic rings. The minimum absolute atomic E-state index is 0.0901. The number of Topliss-reactive ketones (excluding diaryl/α,β-unsaturated/α-hetero) is 1. The van der Waals surface area contributed by atoms with Gasteiger partial charge in [0.05, 0.1) is 0 Å². The summed E-state index contributed by atoms with van der Waals surface area (Å²) in [6, 6.07) is 16.5. The van der Waals surface area contributed by atoms with Crippen LogP contribution >= 0.6 is 0 Å². The highest BCUT2D eigenvalue weighted by Crippen LogP contribution is 2.30. The van der Waals surface area contributed by atoms with Crippen LogP contribution in [-0.2, 0) is 13.0 Å². The van der Waals surface area contributed by atoms with Gasteiger partial charge in [0.25, 0.3) is 0 Å². The summed E-state index contributed by atoms with van der Waals surface area (Å²) in [6.45, 7) is 2.95. The summed E-state index contributed by atoms with van der Waals surface area (Å²) in [4.78, 5) is 17.7. The summed E-state index contributed by atoms with van der Waals surface area (Å²) >= 11 is 0. The molecule has 2 aromatic heterocycles. The summed E-state index contributed by atoms with van der Waals surface area (Å²) in [5.41, 5.74) is 4.23. The van der Waals surface area contributed by atoms with E-state index in [-0.39, 0.29) is 5.78 Å². The number of carbonyl (C=O) groups excluding carboxylic acids is 1. The maximum absolute atomic E-state index is 13.0. The van der Waals surface area contributed by atoms with Gasteiger partial charge in [-0.05, 0) is 39.5 Å². The van der Waals surface area contributed by atoms with Crippen LogP contribution in [0.5, 0.6) is 0 Å². The number of H-pyrrole nitrogens is 1. The van der Waals surface area contributed by atoms with E-state index in [0.717, 1.165) is 60.3 Å². The van der Waals surface area contributed by atoms with Gasteiger partial charge in [0.15, 0.2) is 5.82 Å². The fraction of sp³-hybridized carbons (Fsp3) is 0.429. The van der Waals surface area contributed by atoms with Gasteiger partial charge in [-0.3, -0.25) is 4.79 Å². The second-order valence-corrected chi connectivity index (χ2v) is 9.73. The van der Waals surface area contributed by atoms with Crippen molar-refractivity contribution >= 4 is 5.78 Å². The summed E-state index contributed by atoms with van der Waals surface area (Å²) in [5, 5.41) is 19.0. The summed E-state index contributed by atoms with van der Waals surface area (Å²) < 4.78 is 1.94. The molecular weight excluding hydrogens is 450 g/mol. The largest absolute Gasteiger partial charge is 0.291 e. The molecule has 0 bridgehead atoms. The lowest BCUT2D eigenvalue weighted by Gasteiger charge is -2.19. The summed E-state index contributed by atoms with van der Waals surface area (Å²) in [6.07, 6.45) is 9.36. The first kappa shape index (κ1) is 24.0. The third kappa shape index (κ3) is 5.58. The van der Waals surface area contributed by atoms with Gasteiger partial charge in [0.1, 0.15) is 5.82 Å². The quantitative estimate of drug-likeness (QED) is 0.292. The molecule has 0 spiro atoms. The minimum Gasteiger partial charge on any atom is -0.291 e. The zero-order chi connectivity index (χ0) is 24.7. The average Bonchev–Trinajstić information content (AvgIpc) is 3.59. The Balaban J connectivity index is 1.34. The average molecular weight is 484 g/mol. The van der Waals surface area contributed by atoms with Crippen molar-refractivity contribution in [3.05, 3.63) is 65.7 Å². The molecule has 0 unspecified atom stereocenters. The lowest BCUT2D eigenvalue weighted by molar-refractivity contribution is 0.0939. The van der Waals surface area contributed by atoms with E-state index in [4.69, 9.17) is 4.98 Å². The molecule has 36 heavy (non-hydrogen) atoms. The van der Waals surface area contributed by atoms with Gasteiger partial charge in [0.2, 0.25) is 11.6 Å². The van der Waals surface area contributed by atoms with E-state index in [1.54, 1.807) is 0 Å². The van der Waals surface area contributed by atoms with Gasteiger partial charge in [-0.15, -0.1) is 10.2 Å². The van der Waals surface area contributed by atoms with Gasteiger partial charge in [-0.2, -0.15) is 0 Å². The first-order chi connectivity index (χ1) is 17.7. The van der Waals surface area contributed by atoms with Crippen LogP contribution in [0.2, 0.25) is 0 Å². The molecule has 0 saturated heterocycles. The van der Waals surface area contributed by atoms with E-state index in [1.165, 1.54) is 19.3 Å². The Morgan fingerprint density at radius 3 is 2.53 bits per heavy atom. The summed E-state index contributed by atoms with van der Waals surface area (Å²) in [7, 11) is 0. The smallest absolute Gasteiger partial charge is 0.217 e. The van der Waals surface area contributed by atoms with Crippen molar-refractivity contribution < 1.29 is 4.79 Å². The monoisotopic (exact) mass is 483 g/mol. The van der Waals surface area contributed by atoms with Crippen molar-refractivity contribution in [3.8, 4) is 22.5 Å². The number of aromatic nitrogens is 7. The number of tetrazole rings is 1. The van der Waals surface area contributed by atoms with Crippen molar-refractivity contribution in [2.45, 2.75) is 71.3 Å². The molecule has 0 amide bonds. The van der Waals surface area contributed by atoms with Gasteiger partial charge in [-0.1, -0.05) is 94.0 Å². The van der Waals surface area contributed by atoms with Crippen molar-refractivity contribution in [2.24, 2.45) is 5.92 Å². The Kier molecular flexibility index (Phi) is 7.59. The second-order valence-electron chi connectivity index (χ2n) is 9.73. The van der Waals surface area contributed by atoms with E-state index >= 15 is 0 Å². The topological polar surface area (TPSA) is 102 Å². The molecule has 8 heteroatoms. The molecule has 186 valence electrons. The highest BCUT2D eigenvalue weighted by atomic mass is 16.1. The highest BCUT2D eigenvalue weighted by Gasteiger charge is 2.22. The number of hydrogen-bond acceptors (Lipinski definition) is 6. The number of aromatic amines is 1. The normalized spacial score (nSPS) is 14.2. The van der Waals surface area contributed by atoms with Gasteiger partial charge in [-0.25, -0.2) is 14.8 Å². The molecule has 4 aromatic rings. The van der Waals surface area contributed by atoms with Crippen LogP contribution in [0.4, 0.5) is 0 Å². The van der Waals surface area contributed by atoms with E-state index in [0.29, 0.717) is 30.4 Å². The van der Waals surface area contributed by atoms with Gasteiger partial charge in [0, 0.05) is 24.9 Å². The van der Waals surface area contributed by atoms with Crippen LogP contribution in [0.25, 0.3) is 22.5 Å². The molecule has 1 fully saturated rings. The Morgan fingerprint density at radius 1 is 1.03 bits per heavy atom. The molecule has 0 atom stereocenters. The fourth-order valence-electron chi connectivity index (χ4n) is 5.05. The number of benzene rings is 2. The maximum Gasteiger partial charge on any atom is 0.217 e. The Morgan fingerprint density at radius 2 is 1.81 bits per heavy atom. The standard InChI is InChI=1S/C28H33N7O/c1-2-3-17-35-26(29-28(32-35)25(36)18-20-9-5-4-6-10-20)19-21-13-15-22(16-14-21)23-11-7-8-12-24(23)27-30-33-34-31-27/h7-8,11-16,20H,2-6,9-10,17-19H2,1H3,(H,30,31,33,34). The number of nitrogens with one attached hydrogen (secondary N) is 1. The maximum atomic E-state index is 13.0. The first-order valence-electron chi connectivity index (χ1n) is 13.1. The zero-order valence-corrected chi connectivity index (χ0v) is 20.9. The predicted molar refractivity (Wildman–Crippen MR) is 138 cm³/mol. The van der Waals surface area contributed by atoms with Crippen LogP contribution in [0.15, 0.2) is 48.5 Å². The van der Waals surface area contributed by atoms with Crippen LogP contribution < -0.4 is 0 Å². The zero-order valence-electron chi connectivity index (χ0n) is 20.9. The molecule has 5 rings (SSSR count). The van der Waals surface area contributed by atoms with Crippen molar-refractivity contribution in [1.82, 2.24) is 35.4 Å². The molecule has 1 saturated carbocycles. The van der Waals surface area contributed by atoms with Crippen molar-refractivity contribution in [2.75, 3.05) is 0 Å². The number of ketones is 1. The molecule has 1 N–H and O–H groups in total. The van der Waals surface area contributed by atoms with E-state index in [1.807, 2.05) is 22.9 Å². The highest BCUT2D eigenvalue weighted by molar-refractivity contribution is 5.92. The number of unbranched alkanes of at least 4 members (excludes halogenated alkanes) is 1. The fourth-order valence-corrected chi connectivity index (χ4v) is 5.05. The number of hydrogen-bond donors (Lipinski definition) is 1. The Hall–Kier alpha value is -3.68. The molecule has 2 aromatic carbocycles. The Labute approximate surface area is 211 Å².